The number of hydrogen-bond acceptors (Lipinski definition) is 5. The van der Waals surface area contributed by atoms with E-state index < -0.39 is 11.4 Å². The first-order valence-electron chi connectivity index (χ1n) is 5.18. The molecule has 6 nitrogen and oxygen atoms in total. The van der Waals surface area contributed by atoms with E-state index in [9.17, 15) is 18.0 Å². The predicted molar refractivity (Wildman–Crippen MR) is 67.1 cm³/mol. The maximum Gasteiger partial charge on any atom is 0.446 e. The van der Waals surface area contributed by atoms with Gasteiger partial charge in [0.25, 0.3) is 5.91 Å². The highest BCUT2D eigenvalue weighted by atomic mass is 32.2. The first-order valence-corrected chi connectivity index (χ1v) is 6.00. The third kappa shape index (κ3) is 3.88. The number of anilines is 2. The average Bonchev–Trinajstić information content (AvgIpc) is 2.77. The van der Waals surface area contributed by atoms with Gasteiger partial charge in [0, 0.05) is 10.6 Å². The minimum absolute atomic E-state index is 0.0272. The second kappa shape index (κ2) is 5.41. The summed E-state index contributed by atoms with van der Waals surface area (Å²) in [4.78, 5) is 15.3. The second-order valence-corrected chi connectivity index (χ2v) is 4.71. The number of nitrogens with zero attached hydrogens (tertiary/aromatic N) is 2. The summed E-state index contributed by atoms with van der Waals surface area (Å²) in [6.45, 7) is 0. The monoisotopic (exact) mass is 303 g/mol. The van der Waals surface area contributed by atoms with Crippen LogP contribution in [-0.2, 0) is 0 Å². The summed E-state index contributed by atoms with van der Waals surface area (Å²) in [5.41, 5.74) is 1.23. The fourth-order valence-electron chi connectivity index (χ4n) is 1.31. The molecule has 10 heteroatoms. The maximum atomic E-state index is 12.1. The second-order valence-electron chi connectivity index (χ2n) is 3.57. The largest absolute Gasteiger partial charge is 0.446 e. The highest BCUT2D eigenvalue weighted by molar-refractivity contribution is 8.00. The van der Waals surface area contributed by atoms with Gasteiger partial charge in [-0.3, -0.25) is 9.89 Å². The smallest absolute Gasteiger partial charge is 0.366 e. The van der Waals surface area contributed by atoms with Gasteiger partial charge in [-0.05, 0) is 36.0 Å². The van der Waals surface area contributed by atoms with Crippen molar-refractivity contribution in [1.82, 2.24) is 15.2 Å². The Morgan fingerprint density at radius 1 is 1.30 bits per heavy atom. The van der Waals surface area contributed by atoms with Gasteiger partial charge in [0.15, 0.2) is 0 Å². The Morgan fingerprint density at radius 2 is 1.95 bits per heavy atom. The molecule has 2 aromatic rings. The molecule has 1 aromatic heterocycles. The standard InChI is InChI=1S/C10H8F3N5OS/c11-10(12,13)20-6-3-1-5(2-4-6)15-8(19)7-16-9(14)18-17-7/h1-4H,(H,15,19)(H3,14,16,17,18). The summed E-state index contributed by atoms with van der Waals surface area (Å²) in [6.07, 6.45) is 0. The van der Waals surface area contributed by atoms with Crippen LogP contribution in [0.2, 0.25) is 0 Å². The van der Waals surface area contributed by atoms with Crippen LogP contribution >= 0.6 is 11.8 Å². The first-order chi connectivity index (χ1) is 9.33. The number of rotatable bonds is 3. The van der Waals surface area contributed by atoms with E-state index in [1.165, 1.54) is 24.3 Å². The molecule has 0 spiro atoms. The number of amides is 1. The van der Waals surface area contributed by atoms with Crippen molar-refractivity contribution in [2.45, 2.75) is 10.4 Å². The molecule has 0 atom stereocenters. The molecule has 0 unspecified atom stereocenters. The number of nitrogen functional groups attached to an aromatic ring is 1. The van der Waals surface area contributed by atoms with Crippen LogP contribution in [-0.4, -0.2) is 26.6 Å². The van der Waals surface area contributed by atoms with E-state index in [0.29, 0.717) is 5.69 Å². The summed E-state index contributed by atoms with van der Waals surface area (Å²) in [6, 6.07) is 5.21. The quantitative estimate of drug-likeness (QED) is 0.756. The summed E-state index contributed by atoms with van der Waals surface area (Å²) in [5, 5.41) is 8.25. The van der Waals surface area contributed by atoms with Gasteiger partial charge in [0.05, 0.1) is 0 Å². The lowest BCUT2D eigenvalue weighted by atomic mass is 10.3. The Hall–Kier alpha value is -2.23. The van der Waals surface area contributed by atoms with E-state index in [1.54, 1.807) is 0 Å². The van der Waals surface area contributed by atoms with Crippen molar-refractivity contribution in [2.24, 2.45) is 0 Å². The lowest BCUT2D eigenvalue weighted by molar-refractivity contribution is -0.0328. The number of aromatic amines is 1. The highest BCUT2D eigenvalue weighted by Gasteiger charge is 2.29. The van der Waals surface area contributed by atoms with Gasteiger partial charge in [0.1, 0.15) is 0 Å². The molecule has 0 aliphatic carbocycles. The molecule has 0 fully saturated rings. The molecule has 1 amide bonds. The minimum atomic E-state index is -4.35. The van der Waals surface area contributed by atoms with E-state index in [2.05, 4.69) is 20.5 Å². The van der Waals surface area contributed by atoms with Crippen LogP contribution in [0.4, 0.5) is 24.8 Å². The summed E-state index contributed by atoms with van der Waals surface area (Å²) < 4.78 is 36.4. The number of thioether (sulfide) groups is 1. The van der Waals surface area contributed by atoms with Crippen LogP contribution in [0.25, 0.3) is 0 Å². The van der Waals surface area contributed by atoms with Gasteiger partial charge >= 0.3 is 5.51 Å². The van der Waals surface area contributed by atoms with Gasteiger partial charge in [0.2, 0.25) is 11.8 Å². The molecule has 106 valence electrons. The molecule has 2 rings (SSSR count). The summed E-state index contributed by atoms with van der Waals surface area (Å²) in [5.74, 6) is -0.756. The Labute approximate surface area is 115 Å². The fourth-order valence-corrected chi connectivity index (χ4v) is 1.85. The summed E-state index contributed by atoms with van der Waals surface area (Å²) in [7, 11) is 0. The van der Waals surface area contributed by atoms with Crippen LogP contribution < -0.4 is 11.1 Å². The molecular formula is C10H8F3N5OS. The molecule has 0 radical (unpaired) electrons. The predicted octanol–water partition coefficient (Wildman–Crippen LogP) is 2.25. The van der Waals surface area contributed by atoms with Crippen molar-refractivity contribution in [3.63, 3.8) is 0 Å². The minimum Gasteiger partial charge on any atom is -0.366 e. The molecule has 0 saturated heterocycles. The number of carbonyl (C=O) groups is 1. The normalized spacial score (nSPS) is 11.3. The number of alkyl halides is 3. The zero-order valence-corrected chi connectivity index (χ0v) is 10.5. The molecule has 0 aliphatic rings. The van der Waals surface area contributed by atoms with Crippen LogP contribution in [0.1, 0.15) is 10.6 Å². The van der Waals surface area contributed by atoms with E-state index in [-0.39, 0.29) is 28.4 Å². The molecule has 1 aromatic carbocycles. The Morgan fingerprint density at radius 3 is 2.45 bits per heavy atom. The van der Waals surface area contributed by atoms with Crippen LogP contribution in [0, 0.1) is 0 Å². The van der Waals surface area contributed by atoms with Crippen molar-refractivity contribution < 1.29 is 18.0 Å². The van der Waals surface area contributed by atoms with Gasteiger partial charge in [-0.1, -0.05) is 0 Å². The van der Waals surface area contributed by atoms with Crippen LogP contribution in [0.15, 0.2) is 29.2 Å². The molecule has 0 bridgehead atoms. The van der Waals surface area contributed by atoms with E-state index in [4.69, 9.17) is 5.73 Å². The van der Waals surface area contributed by atoms with Gasteiger partial charge < -0.3 is 11.1 Å². The SMILES string of the molecule is Nc1n[nH]c(C(=O)Nc2ccc(SC(F)(F)F)cc2)n1. The molecule has 1 heterocycles. The molecular weight excluding hydrogens is 295 g/mol. The number of H-pyrrole nitrogens is 1. The Kier molecular flexibility index (Phi) is 3.84. The van der Waals surface area contributed by atoms with Gasteiger partial charge in [-0.2, -0.15) is 18.2 Å². The van der Waals surface area contributed by atoms with E-state index in [1.807, 2.05) is 0 Å². The number of nitrogens with one attached hydrogen (secondary N) is 2. The average molecular weight is 303 g/mol. The maximum absolute atomic E-state index is 12.1. The number of aromatic nitrogens is 3. The number of nitrogens with two attached hydrogens (primary N) is 1. The summed E-state index contributed by atoms with van der Waals surface area (Å²) >= 11 is -0.230. The van der Waals surface area contributed by atoms with Crippen molar-refractivity contribution in [3.8, 4) is 0 Å². The van der Waals surface area contributed by atoms with Crippen molar-refractivity contribution >= 4 is 29.3 Å². The highest BCUT2D eigenvalue weighted by Crippen LogP contribution is 2.37. The van der Waals surface area contributed by atoms with Gasteiger partial charge in [-0.25, -0.2) is 0 Å². The third-order valence-electron chi connectivity index (χ3n) is 2.06. The number of carbonyl (C=O) groups excluding carboxylic acids is 1. The van der Waals surface area contributed by atoms with Crippen LogP contribution in [0.5, 0.6) is 0 Å². The van der Waals surface area contributed by atoms with Crippen LogP contribution in [0.3, 0.4) is 0 Å². The zero-order valence-electron chi connectivity index (χ0n) is 9.73. The lowest BCUT2D eigenvalue weighted by Gasteiger charge is -2.07. The molecule has 20 heavy (non-hydrogen) atoms. The number of hydrogen-bond donors (Lipinski definition) is 3. The topological polar surface area (TPSA) is 96.7 Å². The Bertz CT molecular complexity index is 610. The molecule has 4 N–H and O–H groups in total. The fraction of sp³-hybridized carbons (Fsp3) is 0.100. The lowest BCUT2D eigenvalue weighted by Crippen LogP contribution is -2.13. The van der Waals surface area contributed by atoms with E-state index in [0.717, 1.165) is 0 Å². The Balaban J connectivity index is 2.02. The molecule has 0 saturated carbocycles. The third-order valence-corrected chi connectivity index (χ3v) is 2.80. The van der Waals surface area contributed by atoms with Crippen molar-refractivity contribution in [3.05, 3.63) is 30.1 Å². The van der Waals surface area contributed by atoms with Crippen molar-refractivity contribution in [1.29, 1.82) is 0 Å². The zero-order chi connectivity index (χ0) is 14.8. The van der Waals surface area contributed by atoms with E-state index >= 15 is 0 Å². The number of benzene rings is 1. The van der Waals surface area contributed by atoms with Gasteiger partial charge in [-0.15, -0.1) is 5.10 Å². The van der Waals surface area contributed by atoms with Crippen molar-refractivity contribution in [2.75, 3.05) is 11.1 Å². The number of halogens is 3. The first kappa shape index (κ1) is 14.2. The molecule has 0 aliphatic heterocycles.